The molecule has 0 radical (unpaired) electrons. The molecule has 7 nitrogen and oxygen atoms in total. The van der Waals surface area contributed by atoms with Gasteiger partial charge in [0.15, 0.2) is 0 Å². The first-order valence-electron chi connectivity index (χ1n) is 8.77. The molecule has 1 saturated carbocycles. The minimum atomic E-state index is -0.834. The van der Waals surface area contributed by atoms with Crippen LogP contribution < -0.4 is 0 Å². The molecule has 2 N–H and O–H groups in total. The molecule has 0 aliphatic heterocycles. The number of aromatic amines is 1. The quantitative estimate of drug-likeness (QED) is 0.762. The van der Waals surface area contributed by atoms with Crippen LogP contribution in [0.1, 0.15) is 69.6 Å². The van der Waals surface area contributed by atoms with Crippen molar-refractivity contribution in [2.75, 3.05) is 0 Å². The van der Waals surface area contributed by atoms with Gasteiger partial charge in [0.1, 0.15) is 5.69 Å². The van der Waals surface area contributed by atoms with E-state index in [0.29, 0.717) is 17.4 Å². The highest BCUT2D eigenvalue weighted by atomic mass is 16.5. The summed E-state index contributed by atoms with van der Waals surface area (Å²) in [6.07, 6.45) is 11.2. The zero-order valence-electron chi connectivity index (χ0n) is 13.8. The van der Waals surface area contributed by atoms with Crippen LogP contribution in [-0.2, 0) is 4.79 Å². The van der Waals surface area contributed by atoms with Gasteiger partial charge in [-0.3, -0.25) is 9.89 Å². The average molecular weight is 332 g/mol. The number of hydrogen-bond acceptors (Lipinski definition) is 5. The molecule has 0 amide bonds. The number of carboxylic acids is 1. The number of H-pyrrole nitrogens is 1. The Morgan fingerprint density at radius 1 is 1.38 bits per heavy atom. The molecule has 7 heteroatoms. The van der Waals surface area contributed by atoms with Crippen molar-refractivity contribution < 1.29 is 14.4 Å². The second-order valence-electron chi connectivity index (χ2n) is 6.66. The van der Waals surface area contributed by atoms with Crippen molar-refractivity contribution in [1.29, 1.82) is 0 Å². The van der Waals surface area contributed by atoms with E-state index in [1.54, 1.807) is 12.3 Å². The number of aromatic nitrogens is 4. The Bertz CT molecular complexity index is 632. The van der Waals surface area contributed by atoms with E-state index >= 15 is 0 Å². The van der Waals surface area contributed by atoms with Crippen LogP contribution >= 0.6 is 0 Å². The molecule has 2 heterocycles. The highest BCUT2D eigenvalue weighted by Crippen LogP contribution is 2.31. The monoisotopic (exact) mass is 332 g/mol. The highest BCUT2D eigenvalue weighted by molar-refractivity contribution is 5.67. The third-order valence-corrected chi connectivity index (χ3v) is 4.84. The van der Waals surface area contributed by atoms with Crippen LogP contribution in [0.25, 0.3) is 11.5 Å². The normalized spacial score (nSPS) is 17.0. The van der Waals surface area contributed by atoms with E-state index in [1.165, 1.54) is 32.1 Å². The van der Waals surface area contributed by atoms with Crippen molar-refractivity contribution in [1.82, 2.24) is 20.3 Å². The first-order valence-corrected chi connectivity index (χ1v) is 8.77. The van der Waals surface area contributed by atoms with Crippen LogP contribution in [0, 0.1) is 5.92 Å². The summed E-state index contributed by atoms with van der Waals surface area (Å²) in [7, 11) is 0. The van der Waals surface area contributed by atoms with Gasteiger partial charge in [-0.1, -0.05) is 50.1 Å². The van der Waals surface area contributed by atoms with Gasteiger partial charge >= 0.3 is 5.97 Å². The first-order chi connectivity index (χ1) is 11.7. The lowest BCUT2D eigenvalue weighted by Gasteiger charge is -2.21. The van der Waals surface area contributed by atoms with E-state index in [9.17, 15) is 9.90 Å². The zero-order chi connectivity index (χ0) is 16.8. The molecule has 24 heavy (non-hydrogen) atoms. The molecule has 0 unspecified atom stereocenters. The molecule has 1 aliphatic carbocycles. The molecular weight excluding hydrogens is 308 g/mol. The van der Waals surface area contributed by atoms with Crippen molar-refractivity contribution >= 4 is 5.97 Å². The van der Waals surface area contributed by atoms with Gasteiger partial charge in [0.2, 0.25) is 11.7 Å². The number of aliphatic carboxylic acids is 1. The lowest BCUT2D eigenvalue weighted by molar-refractivity contribution is -0.137. The van der Waals surface area contributed by atoms with Gasteiger partial charge in [-0.15, -0.1) is 0 Å². The van der Waals surface area contributed by atoms with E-state index in [0.717, 1.165) is 25.2 Å². The Morgan fingerprint density at radius 3 is 2.92 bits per heavy atom. The molecule has 2 aromatic rings. The van der Waals surface area contributed by atoms with Crippen LogP contribution in [0.3, 0.4) is 0 Å². The largest absolute Gasteiger partial charge is 0.481 e. The number of carboxylic acid groups (broad SMARTS) is 1. The van der Waals surface area contributed by atoms with E-state index in [-0.39, 0.29) is 12.3 Å². The van der Waals surface area contributed by atoms with Gasteiger partial charge in [-0.05, 0) is 18.4 Å². The lowest BCUT2D eigenvalue weighted by atomic mass is 9.84. The van der Waals surface area contributed by atoms with Gasteiger partial charge in [0, 0.05) is 12.1 Å². The predicted molar refractivity (Wildman–Crippen MR) is 87.3 cm³/mol. The standard InChI is InChI=1S/C17H24N4O3/c22-15(23)11-13(8-4-7-12-5-2-1-3-6-12)17-19-16(21-24-17)14-9-10-18-20-14/h9-10,12-13H,1-8,11H2,(H,18,20)(H,22,23)/t13-/m1/s1. The van der Waals surface area contributed by atoms with Gasteiger partial charge < -0.3 is 9.63 Å². The topological polar surface area (TPSA) is 105 Å². The molecular formula is C17H24N4O3. The summed E-state index contributed by atoms with van der Waals surface area (Å²) in [6, 6.07) is 1.75. The van der Waals surface area contributed by atoms with Crippen LogP contribution in [0.15, 0.2) is 16.8 Å². The maximum atomic E-state index is 11.2. The maximum Gasteiger partial charge on any atom is 0.304 e. The van der Waals surface area contributed by atoms with E-state index in [2.05, 4.69) is 20.3 Å². The molecule has 0 spiro atoms. The Morgan fingerprint density at radius 2 is 2.21 bits per heavy atom. The van der Waals surface area contributed by atoms with Crippen LogP contribution in [0.5, 0.6) is 0 Å². The van der Waals surface area contributed by atoms with Crippen molar-refractivity contribution in [3.8, 4) is 11.5 Å². The minimum Gasteiger partial charge on any atom is -0.481 e. The van der Waals surface area contributed by atoms with Gasteiger partial charge in [0.05, 0.1) is 6.42 Å². The van der Waals surface area contributed by atoms with E-state index < -0.39 is 5.97 Å². The second-order valence-corrected chi connectivity index (χ2v) is 6.66. The average Bonchev–Trinajstić information content (AvgIpc) is 3.26. The van der Waals surface area contributed by atoms with Crippen molar-refractivity contribution in [2.24, 2.45) is 5.92 Å². The fraction of sp³-hybridized carbons (Fsp3) is 0.647. The summed E-state index contributed by atoms with van der Waals surface area (Å²) in [6.45, 7) is 0. The lowest BCUT2D eigenvalue weighted by Crippen LogP contribution is -2.10. The molecule has 1 aliphatic rings. The van der Waals surface area contributed by atoms with Crippen molar-refractivity contribution in [3.63, 3.8) is 0 Å². The third-order valence-electron chi connectivity index (χ3n) is 4.84. The fourth-order valence-corrected chi connectivity index (χ4v) is 3.54. The molecule has 0 saturated heterocycles. The molecule has 130 valence electrons. The molecule has 2 aromatic heterocycles. The number of nitrogens with one attached hydrogen (secondary N) is 1. The summed E-state index contributed by atoms with van der Waals surface area (Å²) in [4.78, 5) is 15.5. The second kappa shape index (κ2) is 8.08. The van der Waals surface area contributed by atoms with E-state index in [1.807, 2.05) is 0 Å². The summed E-state index contributed by atoms with van der Waals surface area (Å²) in [5.41, 5.74) is 0.668. The smallest absolute Gasteiger partial charge is 0.304 e. The Kier molecular flexibility index (Phi) is 5.61. The molecule has 3 rings (SSSR count). The zero-order valence-corrected chi connectivity index (χ0v) is 13.8. The van der Waals surface area contributed by atoms with Crippen LogP contribution in [0.2, 0.25) is 0 Å². The Hall–Kier alpha value is -2.18. The molecule has 1 atom stereocenters. The van der Waals surface area contributed by atoms with Gasteiger partial charge in [-0.25, -0.2) is 0 Å². The molecule has 1 fully saturated rings. The number of rotatable bonds is 8. The molecule has 0 aromatic carbocycles. The Balaban J connectivity index is 1.59. The first kappa shape index (κ1) is 16.7. The summed E-state index contributed by atoms with van der Waals surface area (Å²) >= 11 is 0. The van der Waals surface area contributed by atoms with Gasteiger partial charge in [0.25, 0.3) is 0 Å². The highest BCUT2D eigenvalue weighted by Gasteiger charge is 2.23. The summed E-state index contributed by atoms with van der Waals surface area (Å²) in [5, 5.41) is 19.8. The predicted octanol–water partition coefficient (Wildman–Crippen LogP) is 3.77. The van der Waals surface area contributed by atoms with Crippen molar-refractivity contribution in [2.45, 2.75) is 63.7 Å². The maximum absolute atomic E-state index is 11.2. The fourth-order valence-electron chi connectivity index (χ4n) is 3.54. The third kappa shape index (κ3) is 4.43. The SMILES string of the molecule is O=C(O)C[C@@H](CCCC1CCCCC1)c1nc(-c2ccn[nH]2)no1. The van der Waals surface area contributed by atoms with E-state index in [4.69, 9.17) is 4.52 Å². The Labute approximate surface area is 140 Å². The summed E-state index contributed by atoms with van der Waals surface area (Å²) < 4.78 is 5.32. The van der Waals surface area contributed by atoms with Crippen LogP contribution in [-0.4, -0.2) is 31.4 Å². The van der Waals surface area contributed by atoms with Crippen LogP contribution in [0.4, 0.5) is 0 Å². The minimum absolute atomic E-state index is 0.0231. The number of carbonyl (C=O) groups is 1. The molecule has 0 bridgehead atoms. The summed E-state index contributed by atoms with van der Waals surface area (Å²) in [5.74, 6) is 0.567. The van der Waals surface area contributed by atoms with Gasteiger partial charge in [-0.2, -0.15) is 10.1 Å². The number of hydrogen-bond donors (Lipinski definition) is 2. The van der Waals surface area contributed by atoms with Crippen molar-refractivity contribution in [3.05, 3.63) is 18.2 Å². The number of nitrogens with zero attached hydrogens (tertiary/aromatic N) is 3.